The highest BCUT2D eigenvalue weighted by Gasteiger charge is 2.35. The van der Waals surface area contributed by atoms with E-state index in [1.165, 1.54) is 0 Å². The summed E-state index contributed by atoms with van der Waals surface area (Å²) in [5, 5.41) is -0.226. The fourth-order valence-electron chi connectivity index (χ4n) is 3.54. The predicted octanol–water partition coefficient (Wildman–Crippen LogP) is 4.06. The van der Waals surface area contributed by atoms with Crippen molar-refractivity contribution >= 4 is 41.7 Å². The summed E-state index contributed by atoms with van der Waals surface area (Å²) >= 11 is 1.63. The molecule has 0 saturated carbocycles. The molecule has 0 spiro atoms. The minimum Gasteiger partial charge on any atom is -0.497 e. The second kappa shape index (κ2) is 12.2. The number of nitrogens with zero attached hydrogens (tertiary/aromatic N) is 3. The first kappa shape index (κ1) is 26.8. The summed E-state index contributed by atoms with van der Waals surface area (Å²) in [5.74, 6) is 1.50. The normalized spacial score (nSPS) is 14.5. The lowest BCUT2D eigenvalue weighted by Gasteiger charge is -2.26. The molecule has 9 heteroatoms. The smallest absolute Gasteiger partial charge is 0.236 e. The van der Waals surface area contributed by atoms with E-state index in [4.69, 9.17) is 9.47 Å². The number of halogens is 1. The fourth-order valence-corrected chi connectivity index (χ4v) is 4.90. The zero-order valence-corrected chi connectivity index (χ0v) is 21.4. The average molecular weight is 494 g/mol. The van der Waals surface area contributed by atoms with E-state index in [1.807, 2.05) is 59.3 Å². The van der Waals surface area contributed by atoms with Crippen LogP contribution < -0.4 is 14.4 Å². The maximum absolute atomic E-state index is 12.5. The third-order valence-corrected chi connectivity index (χ3v) is 6.55. The number of fused-ring (bicyclic) bond motifs is 1. The molecule has 0 aromatic heterocycles. The molecule has 0 aliphatic carbocycles. The van der Waals surface area contributed by atoms with Gasteiger partial charge in [0.1, 0.15) is 16.9 Å². The van der Waals surface area contributed by atoms with Crippen molar-refractivity contribution in [2.45, 2.75) is 23.6 Å². The third-order valence-electron chi connectivity index (χ3n) is 5.27. The molecule has 2 amide bonds. The Bertz CT molecular complexity index is 972. The monoisotopic (exact) mass is 493 g/mol. The maximum atomic E-state index is 12.5. The molecular formula is C24H32ClN3O4S. The predicted molar refractivity (Wildman–Crippen MR) is 135 cm³/mol. The van der Waals surface area contributed by atoms with Crippen molar-refractivity contribution < 1.29 is 19.1 Å². The third kappa shape index (κ3) is 6.56. The van der Waals surface area contributed by atoms with Gasteiger partial charge in [0.15, 0.2) is 0 Å². The van der Waals surface area contributed by atoms with Crippen LogP contribution in [0.15, 0.2) is 47.4 Å². The van der Waals surface area contributed by atoms with Gasteiger partial charge in [0.05, 0.1) is 25.9 Å². The van der Waals surface area contributed by atoms with Crippen LogP contribution in [-0.2, 0) is 9.59 Å². The quantitative estimate of drug-likeness (QED) is 0.491. The number of ether oxygens (including phenoxy) is 2. The average Bonchev–Trinajstić information content (AvgIpc) is 3.16. The van der Waals surface area contributed by atoms with Crippen LogP contribution in [0, 0.1) is 0 Å². The molecule has 7 nitrogen and oxygen atoms in total. The van der Waals surface area contributed by atoms with E-state index >= 15 is 0 Å². The fraction of sp³-hybridized carbons (Fsp3) is 0.417. The molecule has 1 heterocycles. The molecule has 180 valence electrons. The number of benzene rings is 2. The van der Waals surface area contributed by atoms with Crippen LogP contribution in [-0.4, -0.2) is 69.6 Å². The molecule has 1 atom stereocenters. The van der Waals surface area contributed by atoms with Gasteiger partial charge in [-0.05, 0) is 43.8 Å². The van der Waals surface area contributed by atoms with Crippen LogP contribution >= 0.6 is 24.2 Å². The van der Waals surface area contributed by atoms with Crippen molar-refractivity contribution in [1.29, 1.82) is 0 Å². The number of rotatable bonds is 9. The first-order valence-electron chi connectivity index (χ1n) is 10.6. The van der Waals surface area contributed by atoms with Gasteiger partial charge in [-0.1, -0.05) is 23.9 Å². The molecule has 2 aromatic rings. The van der Waals surface area contributed by atoms with Crippen molar-refractivity contribution in [2.24, 2.45) is 0 Å². The molecule has 3 rings (SSSR count). The van der Waals surface area contributed by atoms with Gasteiger partial charge >= 0.3 is 0 Å². The number of hydrogen-bond donors (Lipinski definition) is 0. The molecule has 0 N–H and O–H groups in total. The first-order valence-corrected chi connectivity index (χ1v) is 11.4. The lowest BCUT2D eigenvalue weighted by molar-refractivity contribution is -0.129. The minimum absolute atomic E-state index is 0. The summed E-state index contributed by atoms with van der Waals surface area (Å²) in [6.45, 7) is 3.21. The molecule has 0 fully saturated rings. The number of carbonyl (C=O) groups is 2. The molecule has 0 saturated heterocycles. The topological polar surface area (TPSA) is 62.3 Å². The van der Waals surface area contributed by atoms with Crippen molar-refractivity contribution in [2.75, 3.05) is 52.8 Å². The van der Waals surface area contributed by atoms with Gasteiger partial charge in [0.25, 0.3) is 0 Å². The number of amides is 2. The van der Waals surface area contributed by atoms with Crippen LogP contribution in [0.5, 0.6) is 11.5 Å². The van der Waals surface area contributed by atoms with Crippen molar-refractivity contribution in [3.63, 3.8) is 0 Å². The Morgan fingerprint density at radius 3 is 2.52 bits per heavy atom. The van der Waals surface area contributed by atoms with Gasteiger partial charge in [0, 0.05) is 38.0 Å². The van der Waals surface area contributed by atoms with Crippen LogP contribution in [0.2, 0.25) is 0 Å². The Hall–Kier alpha value is -2.42. The van der Waals surface area contributed by atoms with Crippen LogP contribution in [0.4, 0.5) is 5.69 Å². The second-order valence-electron chi connectivity index (χ2n) is 7.96. The number of para-hydroxylation sites is 1. The van der Waals surface area contributed by atoms with Crippen LogP contribution in [0.3, 0.4) is 0 Å². The van der Waals surface area contributed by atoms with Gasteiger partial charge in [-0.3, -0.25) is 19.4 Å². The Kier molecular flexibility index (Phi) is 9.88. The number of methoxy groups -OCH3 is 1. The lowest BCUT2D eigenvalue weighted by atomic mass is 10.1. The molecule has 1 unspecified atom stereocenters. The molecule has 1 aliphatic heterocycles. The highest BCUT2D eigenvalue weighted by molar-refractivity contribution is 8.00. The van der Waals surface area contributed by atoms with E-state index in [0.29, 0.717) is 18.9 Å². The first-order chi connectivity index (χ1) is 15.3. The summed E-state index contributed by atoms with van der Waals surface area (Å²) in [4.78, 5) is 30.8. The van der Waals surface area contributed by atoms with E-state index in [9.17, 15) is 9.59 Å². The summed E-state index contributed by atoms with van der Waals surface area (Å²) < 4.78 is 11.6. The number of hydrogen-bond acceptors (Lipinski definition) is 6. The minimum atomic E-state index is -0.226. The Labute approximate surface area is 206 Å². The number of carbonyl (C=O) groups excluding carboxylic acids is 2. The largest absolute Gasteiger partial charge is 0.497 e. The zero-order chi connectivity index (χ0) is 23.3. The van der Waals surface area contributed by atoms with Crippen LogP contribution in [0.25, 0.3) is 0 Å². The SMILES string of the molecule is COc1ccc(OCCCN(C)CC(=O)N(C)C)c(C2Sc3ccccc3N2C(C)=O)c1.Cl. The summed E-state index contributed by atoms with van der Waals surface area (Å²) in [7, 11) is 7.07. The zero-order valence-electron chi connectivity index (χ0n) is 19.7. The van der Waals surface area contributed by atoms with Gasteiger partial charge in [0.2, 0.25) is 11.8 Å². The summed E-state index contributed by atoms with van der Waals surface area (Å²) in [6.07, 6.45) is 0.775. The molecule has 33 heavy (non-hydrogen) atoms. The Balaban J connectivity index is 0.00000385. The maximum Gasteiger partial charge on any atom is 0.236 e. The van der Waals surface area contributed by atoms with Crippen molar-refractivity contribution in [1.82, 2.24) is 9.80 Å². The molecule has 0 bridgehead atoms. The van der Waals surface area contributed by atoms with Crippen LogP contribution in [0.1, 0.15) is 24.3 Å². The van der Waals surface area contributed by atoms with E-state index in [1.54, 1.807) is 44.8 Å². The van der Waals surface area contributed by atoms with E-state index in [-0.39, 0.29) is 29.6 Å². The molecule has 0 radical (unpaired) electrons. The summed E-state index contributed by atoms with van der Waals surface area (Å²) in [5.41, 5.74) is 1.81. The highest BCUT2D eigenvalue weighted by atomic mass is 35.5. The van der Waals surface area contributed by atoms with E-state index in [0.717, 1.165) is 34.9 Å². The van der Waals surface area contributed by atoms with Crippen molar-refractivity contribution in [3.8, 4) is 11.5 Å². The lowest BCUT2D eigenvalue weighted by Crippen LogP contribution is -2.35. The number of anilines is 1. The highest BCUT2D eigenvalue weighted by Crippen LogP contribution is 2.53. The van der Waals surface area contributed by atoms with Crippen molar-refractivity contribution in [3.05, 3.63) is 48.0 Å². The van der Waals surface area contributed by atoms with E-state index < -0.39 is 0 Å². The van der Waals surface area contributed by atoms with Gasteiger partial charge < -0.3 is 14.4 Å². The second-order valence-corrected chi connectivity index (χ2v) is 9.08. The Morgan fingerprint density at radius 1 is 1.12 bits per heavy atom. The molecule has 2 aromatic carbocycles. The Morgan fingerprint density at radius 2 is 1.85 bits per heavy atom. The van der Waals surface area contributed by atoms with Gasteiger partial charge in [-0.15, -0.1) is 12.4 Å². The summed E-state index contributed by atoms with van der Waals surface area (Å²) in [6, 6.07) is 13.6. The van der Waals surface area contributed by atoms with Gasteiger partial charge in [-0.2, -0.15) is 0 Å². The van der Waals surface area contributed by atoms with Gasteiger partial charge in [-0.25, -0.2) is 0 Å². The number of thioether (sulfide) groups is 1. The molecular weight excluding hydrogens is 462 g/mol. The molecule has 1 aliphatic rings. The number of likely N-dealkylation sites (N-methyl/N-ethyl adjacent to an activating group) is 2. The standard InChI is InChI=1S/C24H31N3O4S.ClH/c1-17(28)27-20-9-6-7-10-22(20)32-24(27)19-15-18(30-5)11-12-21(19)31-14-8-13-26(4)16-23(29)25(2)3;/h6-7,9-12,15,24H,8,13-14,16H2,1-5H3;1H. The van der Waals surface area contributed by atoms with E-state index in [2.05, 4.69) is 0 Å².